The molecule has 31 heavy (non-hydrogen) atoms. The first-order chi connectivity index (χ1) is 14.3. The smallest absolute Gasteiger partial charge is 0.320 e. The first-order valence-corrected chi connectivity index (χ1v) is 9.97. The number of rotatable bonds is 9. The molecule has 0 radical (unpaired) electrons. The first kappa shape index (κ1) is 26.6. The first-order valence-electron chi connectivity index (χ1n) is 9.97. The van der Waals surface area contributed by atoms with Gasteiger partial charge in [-0.15, -0.1) is 0 Å². The van der Waals surface area contributed by atoms with Gasteiger partial charge in [0.2, 0.25) is 17.7 Å². The maximum absolute atomic E-state index is 13.2. The second-order valence-electron chi connectivity index (χ2n) is 8.29. The molecule has 10 heteroatoms. The van der Waals surface area contributed by atoms with Crippen molar-refractivity contribution in [2.45, 2.75) is 59.3 Å². The van der Waals surface area contributed by atoms with Gasteiger partial charge in [0.15, 0.2) is 0 Å². The number of nitrogens with zero attached hydrogens (tertiary/aromatic N) is 1. The number of benzene rings is 1. The molecule has 0 fully saturated rings. The van der Waals surface area contributed by atoms with E-state index in [9.17, 15) is 27.6 Å². The van der Waals surface area contributed by atoms with Gasteiger partial charge in [-0.1, -0.05) is 39.8 Å². The highest BCUT2D eigenvalue weighted by molar-refractivity contribution is 5.99. The Hall–Kier alpha value is -2.46. The highest BCUT2D eigenvalue weighted by Crippen LogP contribution is 2.29. The Kier molecular flexibility index (Phi) is 9.64. The molecule has 2 atom stereocenters. The quantitative estimate of drug-likeness (QED) is 0.399. The molecule has 0 saturated heterocycles. The van der Waals surface area contributed by atoms with Crippen molar-refractivity contribution >= 4 is 17.7 Å². The van der Waals surface area contributed by atoms with E-state index in [4.69, 9.17) is 10.9 Å². The van der Waals surface area contributed by atoms with Crippen LogP contribution in [0.25, 0.3) is 0 Å². The molecule has 0 saturated carbocycles. The van der Waals surface area contributed by atoms with E-state index in [0.717, 1.165) is 17.0 Å². The predicted molar refractivity (Wildman–Crippen MR) is 107 cm³/mol. The van der Waals surface area contributed by atoms with E-state index >= 15 is 0 Å². The van der Waals surface area contributed by atoms with Gasteiger partial charge in [-0.2, -0.15) is 13.2 Å². The van der Waals surface area contributed by atoms with Gasteiger partial charge < -0.3 is 5.73 Å². The Morgan fingerprint density at radius 3 is 2.03 bits per heavy atom. The maximum Gasteiger partial charge on any atom is 0.416 e. The molecule has 0 aliphatic rings. The molecule has 1 aromatic rings. The number of halogens is 3. The minimum Gasteiger partial charge on any atom is -0.320 e. The van der Waals surface area contributed by atoms with Crippen LogP contribution in [0.15, 0.2) is 24.3 Å². The van der Waals surface area contributed by atoms with Gasteiger partial charge in [-0.25, -0.2) is 5.48 Å². The molecule has 1 rings (SSSR count). The van der Waals surface area contributed by atoms with Crippen LogP contribution >= 0.6 is 0 Å². The molecule has 0 heterocycles. The number of nitrogens with one attached hydrogen (secondary N) is 1. The van der Waals surface area contributed by atoms with E-state index in [1.165, 1.54) is 17.6 Å². The summed E-state index contributed by atoms with van der Waals surface area (Å²) >= 11 is 0. The number of imide groups is 1. The highest BCUT2D eigenvalue weighted by Gasteiger charge is 2.35. The molecule has 1 unspecified atom stereocenters. The predicted octanol–water partition coefficient (Wildman–Crippen LogP) is 3.10. The van der Waals surface area contributed by atoms with Gasteiger partial charge in [0.1, 0.15) is 0 Å². The fourth-order valence-corrected chi connectivity index (χ4v) is 3.04. The SMILES string of the molecule is CC(C)CC(CC(=O)NO)C(=O)N(Cc1ccc(C(F)(F)F)cc1)C(=O)[C@@H](N)C(C)C. The summed E-state index contributed by atoms with van der Waals surface area (Å²) < 4.78 is 38.5. The second kappa shape index (κ2) is 11.2. The van der Waals surface area contributed by atoms with Crippen LogP contribution in [0.1, 0.15) is 51.7 Å². The summed E-state index contributed by atoms with van der Waals surface area (Å²) in [5, 5.41) is 8.83. The van der Waals surface area contributed by atoms with Gasteiger partial charge >= 0.3 is 6.18 Å². The lowest BCUT2D eigenvalue weighted by molar-refractivity contribution is -0.152. The average Bonchev–Trinajstić information content (AvgIpc) is 2.69. The van der Waals surface area contributed by atoms with E-state index in [1.54, 1.807) is 13.8 Å². The van der Waals surface area contributed by atoms with Crippen molar-refractivity contribution in [3.63, 3.8) is 0 Å². The summed E-state index contributed by atoms with van der Waals surface area (Å²) in [4.78, 5) is 38.8. The number of alkyl halides is 3. The van der Waals surface area contributed by atoms with Crippen LogP contribution in [0.3, 0.4) is 0 Å². The van der Waals surface area contributed by atoms with Gasteiger partial charge in [0.25, 0.3) is 0 Å². The molecule has 0 aliphatic carbocycles. The monoisotopic (exact) mass is 445 g/mol. The Morgan fingerprint density at radius 1 is 1.06 bits per heavy atom. The summed E-state index contributed by atoms with van der Waals surface area (Å²) in [7, 11) is 0. The normalized spacial score (nSPS) is 13.8. The fraction of sp³-hybridized carbons (Fsp3) is 0.571. The molecular formula is C21H30F3N3O4. The van der Waals surface area contributed by atoms with Gasteiger partial charge in [0.05, 0.1) is 18.2 Å². The number of carbonyl (C=O) groups excluding carboxylic acids is 3. The van der Waals surface area contributed by atoms with Crippen molar-refractivity contribution in [1.82, 2.24) is 10.4 Å². The van der Waals surface area contributed by atoms with E-state index in [1.807, 2.05) is 13.8 Å². The molecular weight excluding hydrogens is 415 g/mol. The minimum absolute atomic E-state index is 0.00207. The topological polar surface area (TPSA) is 113 Å². The maximum atomic E-state index is 13.2. The van der Waals surface area contributed by atoms with Crippen molar-refractivity contribution in [2.75, 3.05) is 0 Å². The molecule has 0 aromatic heterocycles. The Morgan fingerprint density at radius 2 is 1.61 bits per heavy atom. The summed E-state index contributed by atoms with van der Waals surface area (Å²) in [5.41, 5.74) is 6.88. The summed E-state index contributed by atoms with van der Waals surface area (Å²) in [6.45, 7) is 6.78. The summed E-state index contributed by atoms with van der Waals surface area (Å²) in [6.07, 6.45) is -4.59. The van der Waals surface area contributed by atoms with Crippen molar-refractivity contribution in [1.29, 1.82) is 0 Å². The van der Waals surface area contributed by atoms with Crippen molar-refractivity contribution in [3.05, 3.63) is 35.4 Å². The molecule has 0 bridgehead atoms. The zero-order valence-electron chi connectivity index (χ0n) is 18.1. The van der Waals surface area contributed by atoms with E-state index in [2.05, 4.69) is 0 Å². The molecule has 0 aliphatic heterocycles. The van der Waals surface area contributed by atoms with Gasteiger partial charge in [-0.3, -0.25) is 24.5 Å². The lowest BCUT2D eigenvalue weighted by Crippen LogP contribution is -2.50. The molecule has 7 nitrogen and oxygen atoms in total. The van der Waals surface area contributed by atoms with E-state index in [0.29, 0.717) is 5.56 Å². The van der Waals surface area contributed by atoms with Crippen molar-refractivity contribution in [2.24, 2.45) is 23.5 Å². The third-order valence-electron chi connectivity index (χ3n) is 4.82. The van der Waals surface area contributed by atoms with Crippen LogP contribution in [0.5, 0.6) is 0 Å². The third-order valence-corrected chi connectivity index (χ3v) is 4.82. The molecule has 3 amide bonds. The van der Waals surface area contributed by atoms with E-state index < -0.39 is 41.4 Å². The third kappa shape index (κ3) is 7.95. The lowest BCUT2D eigenvalue weighted by Gasteiger charge is -2.29. The average molecular weight is 445 g/mol. The number of carbonyl (C=O) groups is 3. The van der Waals surface area contributed by atoms with Gasteiger partial charge in [-0.05, 0) is 36.0 Å². The Balaban J connectivity index is 3.27. The standard InChI is InChI=1S/C21H30F3N3O4/c1-12(2)9-15(10-17(28)26-31)19(29)27(20(30)18(25)13(3)4)11-14-5-7-16(8-6-14)21(22,23)24/h5-8,12-13,15,18,31H,9-11,25H2,1-4H3,(H,26,28)/t15?,18-/m0/s1. The minimum atomic E-state index is -4.51. The zero-order chi connectivity index (χ0) is 23.9. The molecule has 0 spiro atoms. The highest BCUT2D eigenvalue weighted by atomic mass is 19.4. The number of hydrogen-bond acceptors (Lipinski definition) is 5. The Bertz CT molecular complexity index is 764. The van der Waals surface area contributed by atoms with Crippen molar-refractivity contribution in [3.8, 4) is 0 Å². The van der Waals surface area contributed by atoms with Gasteiger partial charge in [0, 0.05) is 12.3 Å². The second-order valence-corrected chi connectivity index (χ2v) is 8.29. The van der Waals surface area contributed by atoms with Crippen LogP contribution in [0.4, 0.5) is 13.2 Å². The van der Waals surface area contributed by atoms with Crippen LogP contribution in [-0.2, 0) is 27.1 Å². The van der Waals surface area contributed by atoms with Crippen LogP contribution < -0.4 is 11.2 Å². The summed E-state index contributed by atoms with van der Waals surface area (Å²) in [6, 6.07) is 3.11. The van der Waals surface area contributed by atoms with E-state index in [-0.39, 0.29) is 31.2 Å². The number of nitrogens with two attached hydrogens (primary N) is 1. The van der Waals surface area contributed by atoms with Crippen LogP contribution in [0, 0.1) is 17.8 Å². The number of hydroxylamine groups is 1. The number of hydrogen-bond donors (Lipinski definition) is 3. The summed E-state index contributed by atoms with van der Waals surface area (Å²) in [5.74, 6) is -3.34. The van der Waals surface area contributed by atoms with Crippen LogP contribution in [-0.4, -0.2) is 33.9 Å². The lowest BCUT2D eigenvalue weighted by atomic mass is 9.91. The fourth-order valence-electron chi connectivity index (χ4n) is 3.04. The Labute approximate surface area is 179 Å². The zero-order valence-corrected chi connectivity index (χ0v) is 18.1. The van der Waals surface area contributed by atoms with Crippen LogP contribution in [0.2, 0.25) is 0 Å². The molecule has 4 N–H and O–H groups in total. The molecule has 174 valence electrons. The van der Waals surface area contributed by atoms with Crippen molar-refractivity contribution < 1.29 is 32.8 Å². The largest absolute Gasteiger partial charge is 0.416 e. The number of amides is 3. The molecule has 1 aromatic carbocycles.